The van der Waals surface area contributed by atoms with Crippen LogP contribution in [0, 0.1) is 10.1 Å². The number of carbonyl (C=O) groups excluding carboxylic acids is 1. The maximum atomic E-state index is 13.3. The van der Waals surface area contributed by atoms with Crippen LogP contribution in [0.15, 0.2) is 97.2 Å². The number of non-ortho nitro benzene ring substituents is 1. The zero-order chi connectivity index (χ0) is 23.2. The molecule has 1 amide bonds. The van der Waals surface area contributed by atoms with Crippen molar-refractivity contribution >= 4 is 23.2 Å². The average Bonchev–Trinajstić information content (AvgIpc) is 2.84. The van der Waals surface area contributed by atoms with Gasteiger partial charge in [-0.1, -0.05) is 60.1 Å². The van der Waals surface area contributed by atoms with Crippen molar-refractivity contribution in [1.29, 1.82) is 0 Å². The van der Waals surface area contributed by atoms with Gasteiger partial charge in [-0.15, -0.1) is 0 Å². The first kappa shape index (κ1) is 22.0. The number of nitro groups is 1. The number of halogens is 1. The van der Waals surface area contributed by atoms with Crippen LogP contribution in [0.1, 0.15) is 27.5 Å². The van der Waals surface area contributed by atoms with E-state index < -0.39 is 16.9 Å². The fourth-order valence-corrected chi connectivity index (χ4v) is 3.41. The molecule has 7 nitrogen and oxygen atoms in total. The van der Waals surface area contributed by atoms with Crippen LogP contribution >= 0.6 is 11.6 Å². The van der Waals surface area contributed by atoms with Gasteiger partial charge >= 0.3 is 0 Å². The normalized spacial score (nSPS) is 11.4. The SMILES string of the molecule is O=C(NC(c1ccccc1)c1ccc(Cl)cc1)c1cccnc1Oc1cccc([N+](=O)[O-])c1. The van der Waals surface area contributed by atoms with Crippen LogP contribution in [0.4, 0.5) is 5.69 Å². The summed E-state index contributed by atoms with van der Waals surface area (Å²) in [5.74, 6) is -0.167. The van der Waals surface area contributed by atoms with Crippen molar-refractivity contribution in [1.82, 2.24) is 10.3 Å². The van der Waals surface area contributed by atoms with E-state index in [1.807, 2.05) is 42.5 Å². The van der Waals surface area contributed by atoms with Crippen molar-refractivity contribution in [2.45, 2.75) is 6.04 Å². The molecule has 0 aliphatic carbocycles. The Kier molecular flexibility index (Phi) is 6.61. The number of hydrogen-bond acceptors (Lipinski definition) is 5. The maximum absolute atomic E-state index is 13.3. The highest BCUT2D eigenvalue weighted by Crippen LogP contribution is 2.28. The number of nitrogens with zero attached hydrogens (tertiary/aromatic N) is 2. The molecule has 4 aromatic rings. The Morgan fingerprint density at radius 1 is 0.939 bits per heavy atom. The molecule has 0 bridgehead atoms. The van der Waals surface area contributed by atoms with Gasteiger partial charge in [-0.25, -0.2) is 4.98 Å². The Morgan fingerprint density at radius 3 is 2.39 bits per heavy atom. The Bertz CT molecular complexity index is 1280. The third kappa shape index (κ3) is 5.34. The summed E-state index contributed by atoms with van der Waals surface area (Å²) in [7, 11) is 0. The minimum atomic E-state index is -0.518. The number of rotatable bonds is 7. The van der Waals surface area contributed by atoms with Gasteiger partial charge in [0.25, 0.3) is 11.6 Å². The van der Waals surface area contributed by atoms with Gasteiger partial charge in [-0.05, 0) is 41.5 Å². The molecular weight excluding hydrogens is 442 g/mol. The minimum Gasteiger partial charge on any atom is -0.438 e. The predicted octanol–water partition coefficient (Wildman–Crippen LogP) is 5.95. The zero-order valence-corrected chi connectivity index (χ0v) is 18.0. The fourth-order valence-electron chi connectivity index (χ4n) is 3.29. The molecule has 4 rings (SSSR count). The lowest BCUT2D eigenvalue weighted by molar-refractivity contribution is -0.384. The number of ether oxygens (including phenoxy) is 1. The van der Waals surface area contributed by atoms with Crippen molar-refractivity contribution in [2.24, 2.45) is 0 Å². The Labute approximate surface area is 194 Å². The van der Waals surface area contributed by atoms with Crippen LogP contribution in [0.2, 0.25) is 5.02 Å². The number of pyridine rings is 1. The number of hydrogen-bond donors (Lipinski definition) is 1. The molecule has 1 N–H and O–H groups in total. The van der Waals surface area contributed by atoms with E-state index in [0.717, 1.165) is 11.1 Å². The van der Waals surface area contributed by atoms with Gasteiger partial charge in [0, 0.05) is 17.3 Å². The van der Waals surface area contributed by atoms with Gasteiger partial charge in [0.1, 0.15) is 11.3 Å². The second kappa shape index (κ2) is 9.93. The highest BCUT2D eigenvalue weighted by molar-refractivity contribution is 6.30. The number of amides is 1. The monoisotopic (exact) mass is 459 g/mol. The smallest absolute Gasteiger partial charge is 0.273 e. The van der Waals surface area contributed by atoms with Crippen molar-refractivity contribution < 1.29 is 14.5 Å². The zero-order valence-electron chi connectivity index (χ0n) is 17.2. The van der Waals surface area contributed by atoms with E-state index >= 15 is 0 Å². The second-order valence-electron chi connectivity index (χ2n) is 7.08. The summed E-state index contributed by atoms with van der Waals surface area (Å²) in [6.45, 7) is 0. The van der Waals surface area contributed by atoms with Crippen LogP contribution in [0.5, 0.6) is 11.6 Å². The van der Waals surface area contributed by atoms with Crippen LogP contribution in [0.3, 0.4) is 0 Å². The largest absolute Gasteiger partial charge is 0.438 e. The lowest BCUT2D eigenvalue weighted by Crippen LogP contribution is -2.29. The van der Waals surface area contributed by atoms with Crippen molar-refractivity contribution in [3.63, 3.8) is 0 Å². The molecule has 0 spiro atoms. The summed E-state index contributed by atoms with van der Waals surface area (Å²) < 4.78 is 5.74. The third-order valence-electron chi connectivity index (χ3n) is 4.87. The molecule has 164 valence electrons. The summed E-state index contributed by atoms with van der Waals surface area (Å²) in [6.07, 6.45) is 1.48. The summed E-state index contributed by atoms with van der Waals surface area (Å²) in [6, 6.07) is 25.2. The molecule has 0 radical (unpaired) electrons. The van der Waals surface area contributed by atoms with E-state index in [4.69, 9.17) is 16.3 Å². The number of aromatic nitrogens is 1. The summed E-state index contributed by atoms with van der Waals surface area (Å²) in [5, 5.41) is 14.7. The molecule has 1 aromatic heterocycles. The van der Waals surface area contributed by atoms with Gasteiger partial charge < -0.3 is 10.1 Å². The van der Waals surface area contributed by atoms with Gasteiger partial charge in [0.05, 0.1) is 17.0 Å². The Morgan fingerprint density at radius 2 is 1.67 bits per heavy atom. The number of carbonyl (C=O) groups is 1. The van der Waals surface area contributed by atoms with Gasteiger partial charge in [0.2, 0.25) is 5.88 Å². The number of nitro benzene ring substituents is 1. The molecule has 0 aliphatic rings. The first-order chi connectivity index (χ1) is 16.0. The highest BCUT2D eigenvalue weighted by atomic mass is 35.5. The van der Waals surface area contributed by atoms with E-state index in [9.17, 15) is 14.9 Å². The van der Waals surface area contributed by atoms with Crippen LogP contribution in [-0.2, 0) is 0 Å². The van der Waals surface area contributed by atoms with E-state index in [1.54, 1.807) is 30.3 Å². The van der Waals surface area contributed by atoms with E-state index in [1.165, 1.54) is 24.4 Å². The van der Waals surface area contributed by atoms with Crippen LogP contribution in [0.25, 0.3) is 0 Å². The Hall–Kier alpha value is -4.23. The Balaban J connectivity index is 1.64. The van der Waals surface area contributed by atoms with E-state index in [-0.39, 0.29) is 22.9 Å². The van der Waals surface area contributed by atoms with Crippen molar-refractivity contribution in [3.05, 3.63) is 129 Å². The molecule has 1 heterocycles. The molecule has 0 aliphatic heterocycles. The van der Waals surface area contributed by atoms with Gasteiger partial charge in [-0.3, -0.25) is 14.9 Å². The molecular formula is C25H18ClN3O4. The maximum Gasteiger partial charge on any atom is 0.273 e. The quantitative estimate of drug-likeness (QED) is 0.272. The lowest BCUT2D eigenvalue weighted by atomic mass is 9.98. The van der Waals surface area contributed by atoms with E-state index in [0.29, 0.717) is 5.02 Å². The average molecular weight is 460 g/mol. The molecule has 0 saturated heterocycles. The van der Waals surface area contributed by atoms with Crippen molar-refractivity contribution in [3.8, 4) is 11.6 Å². The first-order valence-corrected chi connectivity index (χ1v) is 10.4. The van der Waals surface area contributed by atoms with E-state index in [2.05, 4.69) is 10.3 Å². The number of nitrogens with one attached hydrogen (secondary N) is 1. The molecule has 0 fully saturated rings. The molecule has 1 unspecified atom stereocenters. The summed E-state index contributed by atoms with van der Waals surface area (Å²) >= 11 is 6.04. The highest BCUT2D eigenvalue weighted by Gasteiger charge is 2.21. The molecule has 3 aromatic carbocycles. The molecule has 1 atom stereocenters. The fraction of sp³-hybridized carbons (Fsp3) is 0.0400. The topological polar surface area (TPSA) is 94.4 Å². The van der Waals surface area contributed by atoms with Crippen molar-refractivity contribution in [2.75, 3.05) is 0 Å². The minimum absolute atomic E-state index is 0.0402. The first-order valence-electron chi connectivity index (χ1n) is 10.00. The van der Waals surface area contributed by atoms with Crippen LogP contribution in [-0.4, -0.2) is 15.8 Å². The predicted molar refractivity (Wildman–Crippen MR) is 125 cm³/mol. The third-order valence-corrected chi connectivity index (χ3v) is 5.12. The van der Waals surface area contributed by atoms with Gasteiger partial charge in [-0.2, -0.15) is 0 Å². The van der Waals surface area contributed by atoms with Crippen LogP contribution < -0.4 is 10.1 Å². The summed E-state index contributed by atoms with van der Waals surface area (Å²) in [4.78, 5) is 28.0. The molecule has 8 heteroatoms. The molecule has 33 heavy (non-hydrogen) atoms. The second-order valence-corrected chi connectivity index (χ2v) is 7.52. The standard InChI is InChI=1S/C25H18ClN3O4/c26-19-13-11-18(12-14-19)23(17-6-2-1-3-7-17)28-24(30)22-10-5-15-27-25(22)33-21-9-4-8-20(16-21)29(31)32/h1-16,23H,(H,28,30). The molecule has 0 saturated carbocycles. The lowest BCUT2D eigenvalue weighted by Gasteiger charge is -2.20. The number of benzene rings is 3. The summed E-state index contributed by atoms with van der Waals surface area (Å²) in [5.41, 5.74) is 1.81. The van der Waals surface area contributed by atoms with Gasteiger partial charge in [0.15, 0.2) is 0 Å².